The molecule has 1 unspecified atom stereocenters. The molecule has 0 spiro atoms. The van der Waals surface area contributed by atoms with Gasteiger partial charge in [0, 0.05) is 44.0 Å². The molecule has 148 valence electrons. The van der Waals surface area contributed by atoms with Gasteiger partial charge >= 0.3 is 0 Å². The zero-order chi connectivity index (χ0) is 19.3. The van der Waals surface area contributed by atoms with Crippen molar-refractivity contribution in [2.24, 2.45) is 0 Å². The SMILES string of the molecule is COc1ccc(CN2CCN(CCC(O)c3csc4ccccc34)CC2)cc1. The third-order valence-electron chi connectivity index (χ3n) is 5.62. The Morgan fingerprint density at radius 3 is 2.46 bits per heavy atom. The maximum atomic E-state index is 10.7. The summed E-state index contributed by atoms with van der Waals surface area (Å²) in [4.78, 5) is 4.98. The van der Waals surface area contributed by atoms with Crippen LogP contribution in [0.1, 0.15) is 23.7 Å². The van der Waals surface area contributed by atoms with Crippen LogP contribution in [0.15, 0.2) is 53.9 Å². The predicted molar refractivity (Wildman–Crippen MR) is 116 cm³/mol. The maximum absolute atomic E-state index is 10.7. The van der Waals surface area contributed by atoms with Gasteiger partial charge in [-0.05, 0) is 46.5 Å². The lowest BCUT2D eigenvalue weighted by molar-refractivity contribution is 0.0999. The first-order valence-corrected chi connectivity index (χ1v) is 10.8. The fourth-order valence-corrected chi connectivity index (χ4v) is 4.88. The molecule has 0 radical (unpaired) electrons. The Balaban J connectivity index is 1.24. The standard InChI is InChI=1S/C23H28N2O2S/c1-27-19-8-6-18(7-9-19)16-25-14-12-24(13-15-25)11-10-22(26)21-17-28-23-5-3-2-4-20(21)23/h2-9,17,22,26H,10-16H2,1H3. The molecule has 5 heteroatoms. The van der Waals surface area contributed by atoms with Crippen molar-refractivity contribution < 1.29 is 9.84 Å². The summed E-state index contributed by atoms with van der Waals surface area (Å²) in [5.74, 6) is 0.908. The van der Waals surface area contributed by atoms with Crippen LogP contribution in [0.25, 0.3) is 10.1 Å². The molecule has 2 aromatic carbocycles. The van der Waals surface area contributed by atoms with Gasteiger partial charge in [-0.25, -0.2) is 0 Å². The largest absolute Gasteiger partial charge is 0.497 e. The van der Waals surface area contributed by atoms with Crippen molar-refractivity contribution in [2.75, 3.05) is 39.8 Å². The zero-order valence-electron chi connectivity index (χ0n) is 16.4. The molecule has 1 aliphatic rings. The first kappa shape index (κ1) is 19.4. The van der Waals surface area contributed by atoms with Crippen molar-refractivity contribution >= 4 is 21.4 Å². The van der Waals surface area contributed by atoms with Crippen LogP contribution in [0.4, 0.5) is 0 Å². The molecular formula is C23H28N2O2S. The van der Waals surface area contributed by atoms with E-state index in [9.17, 15) is 5.11 Å². The minimum Gasteiger partial charge on any atom is -0.497 e. The summed E-state index contributed by atoms with van der Waals surface area (Å²) in [5, 5.41) is 14.0. The minimum atomic E-state index is -0.381. The van der Waals surface area contributed by atoms with E-state index < -0.39 is 0 Å². The van der Waals surface area contributed by atoms with E-state index in [-0.39, 0.29) is 6.10 Å². The van der Waals surface area contributed by atoms with Crippen LogP contribution in [0.3, 0.4) is 0 Å². The van der Waals surface area contributed by atoms with Crippen LogP contribution in [-0.4, -0.2) is 54.7 Å². The second-order valence-corrected chi connectivity index (χ2v) is 8.37. The number of hydrogen-bond donors (Lipinski definition) is 1. The van der Waals surface area contributed by atoms with Gasteiger partial charge in [-0.1, -0.05) is 30.3 Å². The molecule has 0 amide bonds. The van der Waals surface area contributed by atoms with Crippen LogP contribution >= 0.6 is 11.3 Å². The summed E-state index contributed by atoms with van der Waals surface area (Å²) in [7, 11) is 1.70. The van der Waals surface area contributed by atoms with Crippen LogP contribution in [0.5, 0.6) is 5.75 Å². The van der Waals surface area contributed by atoms with E-state index in [0.29, 0.717) is 0 Å². The summed E-state index contributed by atoms with van der Waals surface area (Å²) in [5.41, 5.74) is 2.41. The number of thiophene rings is 1. The van der Waals surface area contributed by atoms with E-state index in [1.165, 1.54) is 15.6 Å². The van der Waals surface area contributed by atoms with Gasteiger partial charge in [0.05, 0.1) is 13.2 Å². The second-order valence-electron chi connectivity index (χ2n) is 7.46. The van der Waals surface area contributed by atoms with E-state index in [1.54, 1.807) is 18.4 Å². The van der Waals surface area contributed by atoms with Gasteiger partial charge in [0.15, 0.2) is 0 Å². The van der Waals surface area contributed by atoms with Gasteiger partial charge in [-0.15, -0.1) is 11.3 Å². The number of hydrogen-bond acceptors (Lipinski definition) is 5. The van der Waals surface area contributed by atoms with Gasteiger partial charge in [-0.2, -0.15) is 0 Å². The third kappa shape index (κ3) is 4.55. The molecule has 1 fully saturated rings. The Morgan fingerprint density at radius 1 is 1.00 bits per heavy atom. The molecular weight excluding hydrogens is 368 g/mol. The average molecular weight is 397 g/mol. The molecule has 0 bridgehead atoms. The van der Waals surface area contributed by atoms with Crippen molar-refractivity contribution in [1.82, 2.24) is 9.80 Å². The lowest BCUT2D eigenvalue weighted by Gasteiger charge is -2.35. The highest BCUT2D eigenvalue weighted by molar-refractivity contribution is 7.17. The number of rotatable bonds is 7. The third-order valence-corrected chi connectivity index (χ3v) is 6.60. The smallest absolute Gasteiger partial charge is 0.118 e. The average Bonchev–Trinajstić information content (AvgIpc) is 3.18. The lowest BCUT2D eigenvalue weighted by atomic mass is 10.1. The molecule has 0 saturated carbocycles. The summed E-state index contributed by atoms with van der Waals surface area (Å²) in [6.07, 6.45) is 0.410. The van der Waals surface area contributed by atoms with Crippen LogP contribution in [-0.2, 0) is 6.54 Å². The first-order valence-electron chi connectivity index (χ1n) is 9.95. The van der Waals surface area contributed by atoms with E-state index in [0.717, 1.165) is 57.0 Å². The van der Waals surface area contributed by atoms with Crippen LogP contribution < -0.4 is 4.74 Å². The van der Waals surface area contributed by atoms with Gasteiger partial charge in [0.1, 0.15) is 5.75 Å². The van der Waals surface area contributed by atoms with E-state index >= 15 is 0 Å². The highest BCUT2D eigenvalue weighted by atomic mass is 32.1. The topological polar surface area (TPSA) is 35.9 Å². The molecule has 1 aliphatic heterocycles. The van der Waals surface area contributed by atoms with Crippen molar-refractivity contribution in [3.8, 4) is 5.75 Å². The highest BCUT2D eigenvalue weighted by Gasteiger charge is 2.19. The van der Waals surface area contributed by atoms with E-state index in [4.69, 9.17) is 4.74 Å². The Morgan fingerprint density at radius 2 is 1.71 bits per heavy atom. The van der Waals surface area contributed by atoms with Gasteiger partial charge in [-0.3, -0.25) is 4.90 Å². The van der Waals surface area contributed by atoms with E-state index in [2.05, 4.69) is 45.5 Å². The number of ether oxygens (including phenoxy) is 1. The Hall–Kier alpha value is -1.92. The Bertz CT molecular complexity index is 885. The number of fused-ring (bicyclic) bond motifs is 1. The van der Waals surface area contributed by atoms with Crippen molar-refractivity contribution in [2.45, 2.75) is 19.1 Å². The molecule has 3 aromatic rings. The Kier molecular flexibility index (Phi) is 6.27. The molecule has 1 N–H and O–H groups in total. The van der Waals surface area contributed by atoms with Crippen molar-refractivity contribution in [1.29, 1.82) is 0 Å². The van der Waals surface area contributed by atoms with Crippen LogP contribution in [0, 0.1) is 0 Å². The van der Waals surface area contributed by atoms with Gasteiger partial charge < -0.3 is 14.7 Å². The second kappa shape index (κ2) is 9.05. The zero-order valence-corrected chi connectivity index (χ0v) is 17.2. The maximum Gasteiger partial charge on any atom is 0.118 e. The predicted octanol–water partition coefficient (Wildman–Crippen LogP) is 4.15. The number of methoxy groups -OCH3 is 1. The molecule has 1 atom stereocenters. The molecule has 28 heavy (non-hydrogen) atoms. The molecule has 1 aromatic heterocycles. The Labute approximate surface area is 171 Å². The van der Waals surface area contributed by atoms with Gasteiger partial charge in [0.25, 0.3) is 0 Å². The summed E-state index contributed by atoms with van der Waals surface area (Å²) >= 11 is 1.72. The lowest BCUT2D eigenvalue weighted by Crippen LogP contribution is -2.46. The number of nitrogens with zero attached hydrogens (tertiary/aromatic N) is 2. The molecule has 1 saturated heterocycles. The molecule has 2 heterocycles. The molecule has 4 nitrogen and oxygen atoms in total. The monoisotopic (exact) mass is 396 g/mol. The number of piperazine rings is 1. The minimum absolute atomic E-state index is 0.381. The van der Waals surface area contributed by atoms with Gasteiger partial charge in [0.2, 0.25) is 0 Å². The summed E-state index contributed by atoms with van der Waals surface area (Å²) in [6, 6.07) is 16.7. The summed E-state index contributed by atoms with van der Waals surface area (Å²) in [6.45, 7) is 6.20. The fourth-order valence-electron chi connectivity index (χ4n) is 3.88. The summed E-state index contributed by atoms with van der Waals surface area (Å²) < 4.78 is 6.48. The molecule has 0 aliphatic carbocycles. The van der Waals surface area contributed by atoms with Crippen molar-refractivity contribution in [3.63, 3.8) is 0 Å². The quantitative estimate of drug-likeness (QED) is 0.651. The fraction of sp³-hybridized carbons (Fsp3) is 0.391. The first-order chi connectivity index (χ1) is 13.7. The normalized spacial score (nSPS) is 17.1. The highest BCUT2D eigenvalue weighted by Crippen LogP contribution is 2.31. The number of benzene rings is 2. The molecule has 4 rings (SSSR count). The number of aliphatic hydroxyl groups is 1. The van der Waals surface area contributed by atoms with E-state index in [1.807, 2.05) is 18.2 Å². The van der Waals surface area contributed by atoms with Crippen LogP contribution in [0.2, 0.25) is 0 Å². The van der Waals surface area contributed by atoms with Crippen molar-refractivity contribution in [3.05, 3.63) is 65.0 Å². The number of aliphatic hydroxyl groups excluding tert-OH is 1.